The van der Waals surface area contributed by atoms with Gasteiger partial charge in [0.15, 0.2) is 35.6 Å². The molecular formula is C20H18O6. The Kier molecular flexibility index (Phi) is 4.67. The molecule has 0 aliphatic heterocycles. The molecule has 134 valence electrons. The lowest BCUT2D eigenvalue weighted by Gasteiger charge is -2.16. The summed E-state index contributed by atoms with van der Waals surface area (Å²) in [5.41, 5.74) is 0.866. The maximum atomic E-state index is 11.9. The number of hydrogen-bond donors (Lipinski definition) is 0. The third-order valence-corrected chi connectivity index (χ3v) is 4.44. The van der Waals surface area contributed by atoms with Crippen molar-refractivity contribution in [3.8, 4) is 23.0 Å². The highest BCUT2D eigenvalue weighted by Gasteiger charge is 2.19. The van der Waals surface area contributed by atoms with Crippen molar-refractivity contribution in [2.24, 2.45) is 0 Å². The smallest absolute Gasteiger partial charge is 0.161 e. The maximum Gasteiger partial charge on any atom is 0.161 e. The predicted molar refractivity (Wildman–Crippen MR) is 98.4 cm³/mol. The minimum atomic E-state index is 0.433. The SMILES string of the molecule is COc1cc2c(C=O)c3cc(OC)c(OC)cc3c(C=O)c2cc1OC. The molecule has 6 nitrogen and oxygen atoms in total. The molecule has 0 spiro atoms. The van der Waals surface area contributed by atoms with Gasteiger partial charge in [-0.1, -0.05) is 0 Å². The molecule has 0 saturated carbocycles. The Morgan fingerprint density at radius 3 is 0.923 bits per heavy atom. The van der Waals surface area contributed by atoms with Crippen LogP contribution in [0, 0.1) is 0 Å². The van der Waals surface area contributed by atoms with Crippen molar-refractivity contribution >= 4 is 34.1 Å². The van der Waals surface area contributed by atoms with Gasteiger partial charge in [0, 0.05) is 11.1 Å². The molecule has 0 aliphatic carbocycles. The second-order valence-electron chi connectivity index (χ2n) is 5.57. The van der Waals surface area contributed by atoms with E-state index in [4.69, 9.17) is 18.9 Å². The van der Waals surface area contributed by atoms with Crippen LogP contribution in [0.1, 0.15) is 20.7 Å². The normalized spacial score (nSPS) is 10.6. The highest BCUT2D eigenvalue weighted by atomic mass is 16.5. The van der Waals surface area contributed by atoms with E-state index in [0.29, 0.717) is 55.7 Å². The second-order valence-corrected chi connectivity index (χ2v) is 5.57. The zero-order valence-electron chi connectivity index (χ0n) is 14.9. The van der Waals surface area contributed by atoms with Crippen molar-refractivity contribution in [2.75, 3.05) is 28.4 Å². The van der Waals surface area contributed by atoms with E-state index in [1.54, 1.807) is 24.3 Å². The summed E-state index contributed by atoms with van der Waals surface area (Å²) in [7, 11) is 6.05. The zero-order chi connectivity index (χ0) is 18.8. The van der Waals surface area contributed by atoms with Gasteiger partial charge in [-0.2, -0.15) is 0 Å². The van der Waals surface area contributed by atoms with Crippen molar-refractivity contribution in [3.05, 3.63) is 35.4 Å². The number of hydrogen-bond acceptors (Lipinski definition) is 6. The van der Waals surface area contributed by atoms with Gasteiger partial charge in [0.05, 0.1) is 28.4 Å². The Hall–Kier alpha value is -3.28. The van der Waals surface area contributed by atoms with Gasteiger partial charge in [0.1, 0.15) is 0 Å². The molecule has 0 amide bonds. The fourth-order valence-electron chi connectivity index (χ4n) is 3.19. The number of benzene rings is 3. The first-order chi connectivity index (χ1) is 12.6. The molecule has 0 aromatic heterocycles. The summed E-state index contributed by atoms with van der Waals surface area (Å²) in [6.07, 6.45) is 1.52. The third-order valence-electron chi connectivity index (χ3n) is 4.44. The Morgan fingerprint density at radius 1 is 0.538 bits per heavy atom. The number of rotatable bonds is 6. The monoisotopic (exact) mass is 354 g/mol. The average Bonchev–Trinajstić information content (AvgIpc) is 2.69. The molecule has 0 fully saturated rings. The summed E-state index contributed by atoms with van der Waals surface area (Å²) in [4.78, 5) is 23.8. The lowest BCUT2D eigenvalue weighted by molar-refractivity contribution is 0.111. The van der Waals surface area contributed by atoms with Crippen LogP contribution in [0.5, 0.6) is 23.0 Å². The number of aldehydes is 2. The second kappa shape index (κ2) is 6.92. The van der Waals surface area contributed by atoms with E-state index in [1.807, 2.05) is 0 Å². The van der Waals surface area contributed by atoms with Gasteiger partial charge < -0.3 is 18.9 Å². The molecule has 6 heteroatoms. The zero-order valence-corrected chi connectivity index (χ0v) is 14.9. The number of carbonyl (C=O) groups is 2. The first-order valence-corrected chi connectivity index (χ1v) is 7.81. The Balaban J connectivity index is 2.59. The van der Waals surface area contributed by atoms with Crippen molar-refractivity contribution in [3.63, 3.8) is 0 Å². The highest BCUT2D eigenvalue weighted by molar-refractivity contribution is 6.21. The molecule has 3 aromatic rings. The topological polar surface area (TPSA) is 71.1 Å². The van der Waals surface area contributed by atoms with E-state index in [-0.39, 0.29) is 0 Å². The maximum absolute atomic E-state index is 11.9. The predicted octanol–water partition coefficient (Wildman–Crippen LogP) is 3.65. The number of methoxy groups -OCH3 is 4. The van der Waals surface area contributed by atoms with Crippen LogP contribution < -0.4 is 18.9 Å². The number of carbonyl (C=O) groups excluding carboxylic acids is 2. The third kappa shape index (κ3) is 2.50. The summed E-state index contributed by atoms with van der Waals surface area (Å²) in [6, 6.07) is 6.78. The molecule has 0 radical (unpaired) electrons. The fourth-order valence-corrected chi connectivity index (χ4v) is 3.19. The van der Waals surface area contributed by atoms with Gasteiger partial charge in [-0.3, -0.25) is 9.59 Å². The van der Waals surface area contributed by atoms with E-state index >= 15 is 0 Å². The lowest BCUT2D eigenvalue weighted by Crippen LogP contribution is -1.99. The van der Waals surface area contributed by atoms with Gasteiger partial charge in [0.2, 0.25) is 0 Å². The molecule has 0 saturated heterocycles. The fraction of sp³-hybridized carbons (Fsp3) is 0.200. The summed E-state index contributed by atoms with van der Waals surface area (Å²) in [6.45, 7) is 0. The van der Waals surface area contributed by atoms with Gasteiger partial charge in [-0.25, -0.2) is 0 Å². The Labute approximate surface area is 150 Å². The first-order valence-electron chi connectivity index (χ1n) is 7.81. The molecule has 0 heterocycles. The molecule has 0 bridgehead atoms. The van der Waals surface area contributed by atoms with Crippen molar-refractivity contribution in [2.45, 2.75) is 0 Å². The van der Waals surface area contributed by atoms with E-state index in [2.05, 4.69) is 0 Å². The van der Waals surface area contributed by atoms with Crippen LogP contribution >= 0.6 is 0 Å². The van der Waals surface area contributed by atoms with E-state index in [9.17, 15) is 9.59 Å². The number of fused-ring (bicyclic) bond motifs is 2. The van der Waals surface area contributed by atoms with Gasteiger partial charge in [-0.05, 0) is 45.8 Å². The van der Waals surface area contributed by atoms with E-state index in [0.717, 1.165) is 12.6 Å². The lowest BCUT2D eigenvalue weighted by atomic mass is 9.92. The summed E-state index contributed by atoms with van der Waals surface area (Å²) < 4.78 is 21.3. The highest BCUT2D eigenvalue weighted by Crippen LogP contribution is 2.41. The molecule has 0 atom stereocenters. The number of ether oxygens (including phenoxy) is 4. The molecule has 0 N–H and O–H groups in total. The van der Waals surface area contributed by atoms with Crippen LogP contribution in [0.25, 0.3) is 21.5 Å². The van der Waals surface area contributed by atoms with Gasteiger partial charge >= 0.3 is 0 Å². The van der Waals surface area contributed by atoms with Crippen LogP contribution in [-0.2, 0) is 0 Å². The average molecular weight is 354 g/mol. The van der Waals surface area contributed by atoms with Gasteiger partial charge in [-0.15, -0.1) is 0 Å². The molecule has 3 rings (SSSR count). The van der Waals surface area contributed by atoms with Crippen LogP contribution in [0.4, 0.5) is 0 Å². The molecule has 3 aromatic carbocycles. The minimum Gasteiger partial charge on any atom is -0.493 e. The standard InChI is InChI=1S/C20H18O6/c1-23-17-5-11-12(6-18(17)24-2)16(10-22)14-8-20(26-4)19(25-3)7-13(14)15(11)9-21/h5-10H,1-4H3. The van der Waals surface area contributed by atoms with Crippen LogP contribution in [0.3, 0.4) is 0 Å². The van der Waals surface area contributed by atoms with E-state index < -0.39 is 0 Å². The van der Waals surface area contributed by atoms with Crippen LogP contribution in [0.15, 0.2) is 24.3 Å². The van der Waals surface area contributed by atoms with E-state index in [1.165, 1.54) is 28.4 Å². The summed E-state index contributed by atoms with van der Waals surface area (Å²) in [5.74, 6) is 1.89. The van der Waals surface area contributed by atoms with Crippen molar-refractivity contribution < 1.29 is 28.5 Å². The molecule has 0 unspecified atom stereocenters. The van der Waals surface area contributed by atoms with Crippen molar-refractivity contribution in [1.29, 1.82) is 0 Å². The molecule has 0 aliphatic rings. The Morgan fingerprint density at radius 2 is 0.769 bits per heavy atom. The quantitative estimate of drug-likeness (QED) is 0.497. The van der Waals surface area contributed by atoms with Crippen molar-refractivity contribution in [1.82, 2.24) is 0 Å². The van der Waals surface area contributed by atoms with Crippen LogP contribution in [-0.4, -0.2) is 41.0 Å². The molecular weight excluding hydrogens is 336 g/mol. The summed E-state index contributed by atoms with van der Waals surface area (Å²) >= 11 is 0. The Bertz CT molecular complexity index is 867. The molecule has 26 heavy (non-hydrogen) atoms. The largest absolute Gasteiger partial charge is 0.493 e. The first kappa shape index (κ1) is 17.5. The minimum absolute atomic E-state index is 0.433. The summed E-state index contributed by atoms with van der Waals surface area (Å²) in [5, 5.41) is 2.39. The van der Waals surface area contributed by atoms with Gasteiger partial charge in [0.25, 0.3) is 0 Å². The van der Waals surface area contributed by atoms with Crippen LogP contribution in [0.2, 0.25) is 0 Å².